The molecule has 2 aliphatic rings. The monoisotopic (exact) mass is 520 g/mol. The molecule has 0 saturated carbocycles. The van der Waals surface area contributed by atoms with Gasteiger partial charge in [-0.05, 0) is 43.8 Å². The van der Waals surface area contributed by atoms with Crippen molar-refractivity contribution in [2.45, 2.75) is 111 Å². The maximum Gasteiger partial charge on any atom is 0.309 e. The van der Waals surface area contributed by atoms with Crippen molar-refractivity contribution < 1.29 is 24.2 Å². The van der Waals surface area contributed by atoms with Crippen LogP contribution in [0, 0.1) is 23.2 Å². The molecular weight excluding hydrogens is 476 g/mol. The summed E-state index contributed by atoms with van der Waals surface area (Å²) >= 11 is 1.50. The molecule has 2 fully saturated rings. The highest BCUT2D eigenvalue weighted by Crippen LogP contribution is 2.45. The molecule has 3 rings (SSSR count). The molecule has 0 bridgehead atoms. The Morgan fingerprint density at radius 3 is 2.61 bits per heavy atom. The number of aliphatic hydroxyl groups is 1. The van der Waals surface area contributed by atoms with Crippen LogP contribution in [-0.2, 0) is 25.6 Å². The van der Waals surface area contributed by atoms with Crippen LogP contribution >= 0.6 is 11.3 Å². The normalized spacial score (nSPS) is 36.8. The van der Waals surface area contributed by atoms with E-state index in [-0.39, 0.29) is 35.7 Å². The number of nitrogens with two attached hydrogens (primary N) is 1. The second-order valence-electron chi connectivity index (χ2n) is 11.7. The molecule has 3 heterocycles. The first-order valence-electron chi connectivity index (χ1n) is 13.2. The number of nitrogens with zero attached hydrogens (tertiary/aromatic N) is 1. The number of ketones is 1. The Bertz CT molecular complexity index is 973. The summed E-state index contributed by atoms with van der Waals surface area (Å²) in [6.07, 6.45) is 3.52. The fourth-order valence-electron chi connectivity index (χ4n) is 5.28. The number of carbonyl (C=O) groups excluding carboxylic acids is 2. The molecule has 7 nitrogen and oxygen atoms in total. The zero-order chi connectivity index (χ0) is 26.8. The average molecular weight is 521 g/mol. The number of epoxide rings is 1. The molecule has 202 valence electrons. The van der Waals surface area contributed by atoms with Gasteiger partial charge in [0.2, 0.25) is 0 Å². The first-order valence-corrected chi connectivity index (χ1v) is 14.1. The number of cyclic esters (lactones) is 1. The van der Waals surface area contributed by atoms with Crippen LogP contribution in [0.3, 0.4) is 0 Å². The summed E-state index contributed by atoms with van der Waals surface area (Å²) in [4.78, 5) is 30.9. The van der Waals surface area contributed by atoms with E-state index in [0.29, 0.717) is 18.9 Å². The fourth-order valence-corrected chi connectivity index (χ4v) is 5.91. The minimum absolute atomic E-state index is 0.00353. The lowest BCUT2D eigenvalue weighted by Gasteiger charge is -2.35. The Labute approximate surface area is 219 Å². The number of rotatable bonds is 3. The molecule has 1 unspecified atom stereocenters. The molecule has 0 aromatic carbocycles. The van der Waals surface area contributed by atoms with Gasteiger partial charge < -0.3 is 20.3 Å². The number of aliphatic hydroxyl groups excluding tert-OH is 1. The van der Waals surface area contributed by atoms with Gasteiger partial charge in [-0.3, -0.25) is 9.59 Å². The first-order chi connectivity index (χ1) is 16.8. The smallest absolute Gasteiger partial charge is 0.309 e. The quantitative estimate of drug-likeness (QED) is 0.430. The molecule has 0 radical (unpaired) electrons. The molecule has 1 aromatic heterocycles. The molecule has 0 aliphatic carbocycles. The third-order valence-corrected chi connectivity index (χ3v) is 9.51. The number of Topliss-reactive ketones (excluding diaryl/α,β-unsaturated/α-hetero) is 1. The van der Waals surface area contributed by atoms with E-state index in [9.17, 15) is 14.7 Å². The van der Waals surface area contributed by atoms with Gasteiger partial charge in [-0.25, -0.2) is 4.98 Å². The number of ether oxygens (including phenoxy) is 2. The number of fused-ring (bicyclic) bond motifs is 1. The van der Waals surface area contributed by atoms with Gasteiger partial charge in [-0.15, -0.1) is 11.3 Å². The second-order valence-corrected chi connectivity index (χ2v) is 12.7. The van der Waals surface area contributed by atoms with Gasteiger partial charge in [0.1, 0.15) is 16.9 Å². The topological polar surface area (TPSA) is 115 Å². The van der Waals surface area contributed by atoms with Crippen LogP contribution < -0.4 is 5.73 Å². The molecule has 36 heavy (non-hydrogen) atoms. The van der Waals surface area contributed by atoms with Crippen LogP contribution in [-0.4, -0.2) is 45.8 Å². The summed E-state index contributed by atoms with van der Waals surface area (Å²) in [6, 6.07) is 0. The molecule has 0 amide bonds. The van der Waals surface area contributed by atoms with Crippen molar-refractivity contribution in [3.63, 3.8) is 0 Å². The Balaban J connectivity index is 1.85. The first kappa shape index (κ1) is 29.0. The molecule has 8 heteroatoms. The van der Waals surface area contributed by atoms with Gasteiger partial charge >= 0.3 is 5.97 Å². The molecular formula is C28H44N2O5S. The highest BCUT2D eigenvalue weighted by Gasteiger charge is 2.53. The van der Waals surface area contributed by atoms with Gasteiger partial charge in [0, 0.05) is 24.3 Å². The van der Waals surface area contributed by atoms with Crippen molar-refractivity contribution in [1.82, 2.24) is 4.98 Å². The maximum absolute atomic E-state index is 13.4. The maximum atomic E-state index is 13.4. The van der Waals surface area contributed by atoms with Gasteiger partial charge in [-0.2, -0.15) is 0 Å². The third kappa shape index (κ3) is 6.63. The van der Waals surface area contributed by atoms with E-state index < -0.39 is 23.6 Å². The van der Waals surface area contributed by atoms with E-state index in [2.05, 4.69) is 25.8 Å². The van der Waals surface area contributed by atoms with Crippen LogP contribution in [0.2, 0.25) is 0 Å². The molecule has 1 aromatic rings. The van der Waals surface area contributed by atoms with Crippen LogP contribution in [0.15, 0.2) is 11.0 Å². The van der Waals surface area contributed by atoms with E-state index in [0.717, 1.165) is 35.5 Å². The predicted octanol–water partition coefficient (Wildman–Crippen LogP) is 4.90. The Kier molecular flexibility index (Phi) is 9.18. The zero-order valence-electron chi connectivity index (χ0n) is 22.9. The van der Waals surface area contributed by atoms with Crippen molar-refractivity contribution in [3.8, 4) is 0 Å². The van der Waals surface area contributed by atoms with E-state index in [1.54, 1.807) is 13.8 Å². The van der Waals surface area contributed by atoms with Gasteiger partial charge in [0.15, 0.2) is 0 Å². The number of esters is 1. The predicted molar refractivity (Wildman–Crippen MR) is 142 cm³/mol. The Morgan fingerprint density at radius 1 is 1.28 bits per heavy atom. The minimum atomic E-state index is -1.13. The minimum Gasteiger partial charge on any atom is -0.458 e. The van der Waals surface area contributed by atoms with E-state index in [1.807, 2.05) is 25.3 Å². The Hall–Kier alpha value is -1.61. The van der Waals surface area contributed by atoms with Crippen molar-refractivity contribution in [2.24, 2.45) is 28.9 Å². The van der Waals surface area contributed by atoms with Crippen LogP contribution in [0.25, 0.3) is 6.08 Å². The lowest BCUT2D eigenvalue weighted by Crippen LogP contribution is -2.44. The largest absolute Gasteiger partial charge is 0.458 e. The highest BCUT2D eigenvalue weighted by molar-refractivity contribution is 7.09. The number of hydrogen-bond acceptors (Lipinski definition) is 8. The van der Waals surface area contributed by atoms with E-state index >= 15 is 0 Å². The summed E-state index contributed by atoms with van der Waals surface area (Å²) in [6.45, 7) is 14.1. The lowest BCUT2D eigenvalue weighted by molar-refractivity contribution is -0.154. The average Bonchev–Trinajstić information content (AvgIpc) is 3.23. The van der Waals surface area contributed by atoms with Crippen molar-refractivity contribution >= 4 is 29.2 Å². The van der Waals surface area contributed by atoms with Crippen LogP contribution in [0.5, 0.6) is 0 Å². The summed E-state index contributed by atoms with van der Waals surface area (Å²) in [5.41, 5.74) is 6.05. The number of carbonyl (C=O) groups is 2. The van der Waals surface area contributed by atoms with Crippen molar-refractivity contribution in [3.05, 3.63) is 21.7 Å². The molecule has 2 aliphatic heterocycles. The molecule has 7 atom stereocenters. The summed E-state index contributed by atoms with van der Waals surface area (Å²) in [5, 5.41) is 13.7. The van der Waals surface area contributed by atoms with Gasteiger partial charge in [0.05, 0.1) is 35.3 Å². The number of hydrogen-bond donors (Lipinski definition) is 2. The highest BCUT2D eigenvalue weighted by atomic mass is 32.1. The SMILES string of the molecule is C/C(=C\c1csc(CN)n1)[C@@H]1C[C@@H]2O[C@]2(C)CCC[C@H](C)[C@H](C)C(C)C(=O)C(C)(C)[C@@H](O)CC(=O)O1. The fraction of sp³-hybridized carbons (Fsp3) is 0.750. The summed E-state index contributed by atoms with van der Waals surface area (Å²) in [5.74, 6) is -0.215. The summed E-state index contributed by atoms with van der Waals surface area (Å²) < 4.78 is 12.0. The third-order valence-electron chi connectivity index (χ3n) is 8.63. The van der Waals surface area contributed by atoms with Crippen LogP contribution in [0.4, 0.5) is 0 Å². The zero-order valence-corrected chi connectivity index (χ0v) is 23.7. The molecule has 3 N–H and O–H groups in total. The second kappa shape index (κ2) is 11.4. The molecule has 2 saturated heterocycles. The summed E-state index contributed by atoms with van der Waals surface area (Å²) in [7, 11) is 0. The standard InChI is InChI=1S/C28H44N2O5S/c1-16-9-8-10-28(7)23(35-28)12-21(17(2)11-20-15-36-24(14-29)30-20)34-25(32)13-22(31)27(5,6)26(33)19(4)18(16)3/h11,15-16,18-19,21-23,31H,8-10,12-14,29H2,1-7H3/b17-11+/t16-,18-,19?,21-,22-,23-,28+/m0/s1. The molecule has 0 spiro atoms. The van der Waals surface area contributed by atoms with E-state index in [4.69, 9.17) is 15.2 Å². The van der Waals surface area contributed by atoms with E-state index in [1.165, 1.54) is 11.3 Å². The Morgan fingerprint density at radius 2 is 1.97 bits per heavy atom. The number of thiazole rings is 1. The lowest BCUT2D eigenvalue weighted by atomic mass is 9.70. The van der Waals surface area contributed by atoms with Crippen molar-refractivity contribution in [2.75, 3.05) is 0 Å². The van der Waals surface area contributed by atoms with Gasteiger partial charge in [0.25, 0.3) is 0 Å². The van der Waals surface area contributed by atoms with Crippen LogP contribution in [0.1, 0.15) is 91.3 Å². The van der Waals surface area contributed by atoms with Gasteiger partial charge in [-0.1, -0.05) is 47.5 Å². The van der Waals surface area contributed by atoms with Crippen molar-refractivity contribution in [1.29, 1.82) is 0 Å². The number of aromatic nitrogens is 1.